The molecule has 2 heterocycles. The van der Waals surface area contributed by atoms with Crippen LogP contribution < -0.4 is 33.6 Å². The predicted molar refractivity (Wildman–Crippen MR) is 143 cm³/mol. The van der Waals surface area contributed by atoms with Gasteiger partial charge in [-0.1, -0.05) is 0 Å². The standard InChI is InChI=1S/C24H50N6O11/c25-2-1-3-29-13-5-14(34)15(6-26)38-23(13)40-21-11(27)4-12(30-10(7-31)8-32)22(20(21)37)41-24-19(36)17(28)18(35)16(9-33)39-24/h10-24,29-37H,1-9,25-28H2/t11-,12+,13+,14-,15+,16+,17-,18+,19+,20-,21+,22-,23+,24+/m0/s1. The quantitative estimate of drug-likeness (QED) is 0.0826. The lowest BCUT2D eigenvalue weighted by molar-refractivity contribution is -0.317. The van der Waals surface area contributed by atoms with Crippen LogP contribution in [0.25, 0.3) is 0 Å². The first kappa shape index (κ1) is 34.8. The van der Waals surface area contributed by atoms with Crippen LogP contribution in [0.4, 0.5) is 0 Å². The summed E-state index contributed by atoms with van der Waals surface area (Å²) in [5.74, 6) is 0. The van der Waals surface area contributed by atoms with Gasteiger partial charge in [-0.15, -0.1) is 0 Å². The normalized spacial score (nSPS) is 43.9. The Bertz CT molecular complexity index is 759. The lowest BCUT2D eigenvalue weighted by Gasteiger charge is -2.49. The molecule has 0 aromatic heterocycles. The van der Waals surface area contributed by atoms with Gasteiger partial charge in [0.25, 0.3) is 0 Å². The van der Waals surface area contributed by atoms with Gasteiger partial charge in [0.2, 0.25) is 0 Å². The lowest BCUT2D eigenvalue weighted by Crippen LogP contribution is -2.69. The van der Waals surface area contributed by atoms with E-state index in [1.807, 2.05) is 0 Å². The van der Waals surface area contributed by atoms with E-state index in [-0.39, 0.29) is 19.4 Å². The summed E-state index contributed by atoms with van der Waals surface area (Å²) in [5, 5.41) is 78.1. The zero-order chi connectivity index (χ0) is 30.3. The molecule has 1 saturated carbocycles. The van der Waals surface area contributed by atoms with Gasteiger partial charge in [0.15, 0.2) is 12.6 Å². The summed E-state index contributed by atoms with van der Waals surface area (Å²) in [7, 11) is 0. The second-order valence-corrected chi connectivity index (χ2v) is 11.0. The van der Waals surface area contributed by atoms with Crippen LogP contribution in [0.15, 0.2) is 0 Å². The van der Waals surface area contributed by atoms with Gasteiger partial charge in [-0.25, -0.2) is 0 Å². The maximum atomic E-state index is 11.6. The molecule has 3 rings (SSSR count). The van der Waals surface area contributed by atoms with E-state index >= 15 is 0 Å². The summed E-state index contributed by atoms with van der Waals surface area (Å²) in [6.45, 7) is -0.435. The lowest BCUT2D eigenvalue weighted by atomic mass is 9.83. The van der Waals surface area contributed by atoms with E-state index in [0.29, 0.717) is 19.5 Å². The molecular weight excluding hydrogens is 548 g/mol. The zero-order valence-electron chi connectivity index (χ0n) is 23.1. The van der Waals surface area contributed by atoms with Crippen LogP contribution in [-0.2, 0) is 18.9 Å². The first-order valence-electron chi connectivity index (χ1n) is 14.2. The average molecular weight is 599 g/mol. The van der Waals surface area contributed by atoms with Crippen molar-refractivity contribution >= 4 is 0 Å². The molecule has 17 nitrogen and oxygen atoms in total. The fourth-order valence-corrected chi connectivity index (χ4v) is 5.55. The van der Waals surface area contributed by atoms with Crippen molar-refractivity contribution < 1.29 is 54.7 Å². The largest absolute Gasteiger partial charge is 0.395 e. The van der Waals surface area contributed by atoms with Crippen LogP contribution in [-0.4, -0.2) is 167 Å². The summed E-state index contributed by atoms with van der Waals surface area (Å²) in [6, 6.07) is -4.02. The van der Waals surface area contributed by atoms with E-state index in [0.717, 1.165) is 0 Å². The van der Waals surface area contributed by atoms with Gasteiger partial charge in [0.1, 0.15) is 36.6 Å². The number of nitrogens with one attached hydrogen (secondary N) is 2. The van der Waals surface area contributed by atoms with E-state index in [1.165, 1.54) is 0 Å². The number of hydrogen-bond donors (Lipinski definition) is 13. The van der Waals surface area contributed by atoms with Gasteiger partial charge in [-0.2, -0.15) is 0 Å². The van der Waals surface area contributed by atoms with Crippen molar-refractivity contribution in [2.75, 3.05) is 39.5 Å². The third-order valence-electron chi connectivity index (χ3n) is 8.01. The molecule has 14 atom stereocenters. The van der Waals surface area contributed by atoms with E-state index in [9.17, 15) is 35.7 Å². The van der Waals surface area contributed by atoms with Gasteiger partial charge in [-0.05, 0) is 32.4 Å². The molecule has 0 amide bonds. The SMILES string of the molecule is NCCCN[C@@H]1C[C@H](O)[C@@H](CN)O[C@@H]1O[C@H]1[C@H](O)[C@@H](O[C@H]2O[C@H](CO)[C@@H](O)[C@H](N)[C@H]2O)[C@H](NC(CO)CO)C[C@@H]1N. The molecule has 0 aromatic rings. The number of nitrogens with two attached hydrogens (primary N) is 4. The molecule has 17 N–H and O–H groups in total. The number of rotatable bonds is 14. The first-order chi connectivity index (χ1) is 19.6. The van der Waals surface area contributed by atoms with Crippen LogP contribution in [0.2, 0.25) is 0 Å². The summed E-state index contributed by atoms with van der Waals surface area (Å²) in [4.78, 5) is 0. The number of aliphatic hydroxyl groups excluding tert-OH is 7. The van der Waals surface area contributed by atoms with Gasteiger partial charge < -0.3 is 88.3 Å². The van der Waals surface area contributed by atoms with Gasteiger partial charge in [0.05, 0.1) is 50.2 Å². The van der Waals surface area contributed by atoms with Gasteiger partial charge >= 0.3 is 0 Å². The Labute approximate surface area is 239 Å². The van der Waals surface area contributed by atoms with E-state index < -0.39 is 111 Å². The topological polar surface area (TPSA) is 307 Å². The van der Waals surface area contributed by atoms with E-state index in [2.05, 4.69) is 10.6 Å². The van der Waals surface area contributed by atoms with Crippen molar-refractivity contribution in [3.8, 4) is 0 Å². The second-order valence-electron chi connectivity index (χ2n) is 11.0. The van der Waals surface area contributed by atoms with Gasteiger partial charge in [0, 0.05) is 18.6 Å². The molecule has 3 fully saturated rings. The minimum Gasteiger partial charge on any atom is -0.395 e. The smallest absolute Gasteiger partial charge is 0.186 e. The predicted octanol–water partition coefficient (Wildman–Crippen LogP) is -7.33. The Morgan fingerprint density at radius 3 is 2.07 bits per heavy atom. The Morgan fingerprint density at radius 2 is 1.46 bits per heavy atom. The highest BCUT2D eigenvalue weighted by Crippen LogP contribution is 2.32. The summed E-state index contributed by atoms with van der Waals surface area (Å²) >= 11 is 0. The number of ether oxygens (including phenoxy) is 4. The molecule has 0 radical (unpaired) electrons. The second kappa shape index (κ2) is 16.4. The molecule has 1 aliphatic carbocycles. The Kier molecular flexibility index (Phi) is 13.9. The van der Waals surface area contributed by atoms with E-state index in [4.69, 9.17) is 41.9 Å². The maximum Gasteiger partial charge on any atom is 0.186 e. The molecule has 0 spiro atoms. The number of hydrogen-bond acceptors (Lipinski definition) is 17. The monoisotopic (exact) mass is 598 g/mol. The first-order valence-corrected chi connectivity index (χ1v) is 14.2. The molecule has 3 aliphatic rings. The van der Waals surface area contributed by atoms with Crippen molar-refractivity contribution in [2.24, 2.45) is 22.9 Å². The highest BCUT2D eigenvalue weighted by atomic mass is 16.7. The van der Waals surface area contributed by atoms with Crippen LogP contribution in [0.5, 0.6) is 0 Å². The van der Waals surface area contributed by atoms with Crippen molar-refractivity contribution in [1.29, 1.82) is 0 Å². The van der Waals surface area contributed by atoms with E-state index in [1.54, 1.807) is 0 Å². The highest BCUT2D eigenvalue weighted by molar-refractivity contribution is 5.03. The maximum absolute atomic E-state index is 11.6. The van der Waals surface area contributed by atoms with Gasteiger partial charge in [-0.3, -0.25) is 0 Å². The van der Waals surface area contributed by atoms with Crippen molar-refractivity contribution in [3.63, 3.8) is 0 Å². The van der Waals surface area contributed by atoms with Crippen molar-refractivity contribution in [2.45, 2.75) is 111 Å². The third-order valence-corrected chi connectivity index (χ3v) is 8.01. The molecule has 0 bridgehead atoms. The molecule has 0 aromatic carbocycles. The molecule has 0 unspecified atom stereocenters. The van der Waals surface area contributed by atoms with Crippen molar-refractivity contribution in [3.05, 3.63) is 0 Å². The van der Waals surface area contributed by atoms with Crippen LogP contribution in [0, 0.1) is 0 Å². The minimum atomic E-state index is -1.52. The highest BCUT2D eigenvalue weighted by Gasteiger charge is 2.51. The average Bonchev–Trinajstić information content (AvgIpc) is 2.96. The fraction of sp³-hybridized carbons (Fsp3) is 1.00. The Balaban J connectivity index is 1.83. The minimum absolute atomic E-state index is 0.0340. The number of aliphatic hydroxyl groups is 7. The molecule has 2 saturated heterocycles. The Hall–Kier alpha value is -0.680. The summed E-state index contributed by atoms with van der Waals surface area (Å²) < 4.78 is 23.8. The zero-order valence-corrected chi connectivity index (χ0v) is 23.1. The third kappa shape index (κ3) is 8.49. The fourth-order valence-electron chi connectivity index (χ4n) is 5.55. The Morgan fingerprint density at radius 1 is 0.805 bits per heavy atom. The molecule has 242 valence electrons. The summed E-state index contributed by atoms with van der Waals surface area (Å²) in [6.07, 6.45) is -10.7. The van der Waals surface area contributed by atoms with Crippen LogP contribution >= 0.6 is 0 Å². The van der Waals surface area contributed by atoms with Crippen LogP contribution in [0.1, 0.15) is 19.3 Å². The molecular formula is C24H50N6O11. The van der Waals surface area contributed by atoms with Crippen molar-refractivity contribution in [1.82, 2.24) is 10.6 Å². The molecule has 41 heavy (non-hydrogen) atoms. The molecule has 2 aliphatic heterocycles. The van der Waals surface area contributed by atoms with Crippen LogP contribution in [0.3, 0.4) is 0 Å². The summed E-state index contributed by atoms with van der Waals surface area (Å²) in [5.41, 5.74) is 23.8. The molecule has 17 heteroatoms.